The number of pyridine rings is 1. The number of nitrogens with one attached hydrogen (secondary N) is 2. The second kappa shape index (κ2) is 11.5. The molecule has 1 amide bonds. The van der Waals surface area contributed by atoms with Crippen molar-refractivity contribution in [3.05, 3.63) is 53.8 Å². The average molecular weight is 462 g/mol. The molecule has 1 atom stereocenters. The molecule has 1 unspecified atom stereocenters. The second-order valence-electron chi connectivity index (χ2n) is 7.41. The maximum atomic E-state index is 12.1. The molecule has 3 aromatic rings. The summed E-state index contributed by atoms with van der Waals surface area (Å²) < 4.78 is 13.7. The minimum Gasteiger partial charge on any atom is -0.333 e. The van der Waals surface area contributed by atoms with Crippen LogP contribution in [0.2, 0.25) is 5.15 Å². The van der Waals surface area contributed by atoms with Gasteiger partial charge in [0.15, 0.2) is 5.65 Å². The van der Waals surface area contributed by atoms with Crippen LogP contribution in [0.15, 0.2) is 43.1 Å². The molecule has 0 spiro atoms. The first kappa shape index (κ1) is 25.2. The van der Waals surface area contributed by atoms with Crippen LogP contribution < -0.4 is 10.6 Å². The Morgan fingerprint density at radius 3 is 2.69 bits per heavy atom. The van der Waals surface area contributed by atoms with Gasteiger partial charge in [0.1, 0.15) is 17.7 Å². The van der Waals surface area contributed by atoms with Gasteiger partial charge in [-0.05, 0) is 37.3 Å². The predicted molar refractivity (Wildman–Crippen MR) is 125 cm³/mol. The highest BCUT2D eigenvalue weighted by atomic mass is 35.5. The van der Waals surface area contributed by atoms with E-state index >= 15 is 0 Å². The van der Waals surface area contributed by atoms with E-state index < -0.39 is 6.17 Å². The number of amides is 1. The van der Waals surface area contributed by atoms with Crippen molar-refractivity contribution in [2.75, 3.05) is 5.32 Å². The smallest absolute Gasteiger partial charge is 0.228 e. The van der Waals surface area contributed by atoms with Gasteiger partial charge in [-0.2, -0.15) is 5.10 Å². The Balaban J connectivity index is 0.000000282. The summed E-state index contributed by atoms with van der Waals surface area (Å²) in [7, 11) is 0. The largest absolute Gasteiger partial charge is 0.333 e. The number of carbonyl (C=O) groups excluding carboxylic acids is 1. The van der Waals surface area contributed by atoms with E-state index in [0.717, 1.165) is 29.7 Å². The molecule has 0 aliphatic heterocycles. The Kier molecular flexibility index (Phi) is 9.07. The van der Waals surface area contributed by atoms with Crippen LogP contribution in [0.5, 0.6) is 0 Å². The van der Waals surface area contributed by atoms with Crippen LogP contribution in [0.4, 0.5) is 16.0 Å². The molecule has 3 heterocycles. The van der Waals surface area contributed by atoms with Gasteiger partial charge in [-0.3, -0.25) is 4.79 Å². The highest BCUT2D eigenvalue weighted by Crippen LogP contribution is 2.49. The molecule has 1 saturated carbocycles. The lowest BCUT2D eigenvalue weighted by molar-refractivity contribution is -0.109. The van der Waals surface area contributed by atoms with Crippen molar-refractivity contribution in [3.8, 4) is 0 Å². The minimum absolute atomic E-state index is 0.162. The first-order valence-corrected chi connectivity index (χ1v) is 10.8. The fraction of sp³-hybridized carbons (Fsp3) is 0.409. The number of hydrogen-bond donors (Lipinski definition) is 2. The quantitative estimate of drug-likeness (QED) is 0.380. The fourth-order valence-corrected chi connectivity index (χ4v) is 3.14. The summed E-state index contributed by atoms with van der Waals surface area (Å²) in [6, 6.07) is 3.77. The lowest BCUT2D eigenvalue weighted by Crippen LogP contribution is -2.11. The molecule has 0 radical (unpaired) electrons. The van der Waals surface area contributed by atoms with E-state index in [1.165, 1.54) is 13.3 Å². The molecule has 0 bridgehead atoms. The summed E-state index contributed by atoms with van der Waals surface area (Å²) in [5, 5.41) is 10.0. The molecule has 3 aromatic heterocycles. The Bertz CT molecular complexity index is 1050. The Morgan fingerprint density at radius 2 is 2.09 bits per heavy atom. The molecule has 4 rings (SSSR count). The highest BCUT2D eigenvalue weighted by molar-refractivity contribution is 6.30. The van der Waals surface area contributed by atoms with Gasteiger partial charge in [-0.15, -0.1) is 0 Å². The number of halogens is 2. The van der Waals surface area contributed by atoms with Gasteiger partial charge < -0.3 is 10.6 Å². The van der Waals surface area contributed by atoms with E-state index in [1.807, 2.05) is 38.4 Å². The molecule has 32 heavy (non-hydrogen) atoms. The Hall–Kier alpha value is -3.07. The Labute approximate surface area is 192 Å². The first-order chi connectivity index (χ1) is 15.3. The molecule has 1 fully saturated rings. The summed E-state index contributed by atoms with van der Waals surface area (Å²) in [5.41, 5.74) is 3.22. The molecular weight excluding hydrogens is 433 g/mol. The van der Waals surface area contributed by atoms with Crippen molar-refractivity contribution in [2.24, 2.45) is 0 Å². The predicted octanol–water partition coefficient (Wildman–Crippen LogP) is 4.99. The minimum atomic E-state index is -0.940. The van der Waals surface area contributed by atoms with Crippen molar-refractivity contribution in [3.63, 3.8) is 0 Å². The number of nitrogens with zero attached hydrogens (tertiary/aromatic N) is 5. The first-order valence-electron chi connectivity index (χ1n) is 10.4. The van der Waals surface area contributed by atoms with Gasteiger partial charge in [0, 0.05) is 23.9 Å². The number of fused-ring (bicyclic) bond motifs is 1. The number of carbonyl (C=O) groups is 1. The van der Waals surface area contributed by atoms with Crippen molar-refractivity contribution in [1.29, 1.82) is 0 Å². The maximum Gasteiger partial charge on any atom is 0.228 e. The van der Waals surface area contributed by atoms with E-state index in [9.17, 15) is 9.18 Å². The van der Waals surface area contributed by atoms with Crippen molar-refractivity contribution >= 4 is 35.3 Å². The van der Waals surface area contributed by atoms with Crippen LogP contribution in [-0.4, -0.2) is 37.1 Å². The topological polar surface area (TPSA) is 97.1 Å². The van der Waals surface area contributed by atoms with Crippen molar-refractivity contribution in [2.45, 2.75) is 58.5 Å². The number of anilines is 2. The number of allylic oxidation sites excluding steroid dienone is 1. The Morgan fingerprint density at radius 1 is 1.38 bits per heavy atom. The average Bonchev–Trinajstić information content (AvgIpc) is 3.32. The summed E-state index contributed by atoms with van der Waals surface area (Å²) in [6.45, 7) is 11.0. The number of alkyl halides is 1. The van der Waals surface area contributed by atoms with Gasteiger partial charge in [-0.25, -0.2) is 23.9 Å². The van der Waals surface area contributed by atoms with E-state index in [2.05, 4.69) is 44.2 Å². The molecule has 172 valence electrons. The van der Waals surface area contributed by atoms with Crippen LogP contribution in [0.25, 0.3) is 5.65 Å². The van der Waals surface area contributed by atoms with Gasteiger partial charge >= 0.3 is 0 Å². The summed E-state index contributed by atoms with van der Waals surface area (Å²) in [4.78, 5) is 22.5. The van der Waals surface area contributed by atoms with Gasteiger partial charge in [-0.1, -0.05) is 39.0 Å². The van der Waals surface area contributed by atoms with Crippen LogP contribution in [0.3, 0.4) is 0 Å². The zero-order valence-corrected chi connectivity index (χ0v) is 19.5. The maximum absolute atomic E-state index is 12.1. The molecular formula is C22H29ClFN7O. The zero-order chi connectivity index (χ0) is 23.7. The van der Waals surface area contributed by atoms with Gasteiger partial charge in [0.05, 0.1) is 11.9 Å². The highest BCUT2D eigenvalue weighted by Gasteiger charge is 2.41. The van der Waals surface area contributed by atoms with Crippen LogP contribution in [-0.2, 0) is 10.2 Å². The number of aromatic nitrogens is 5. The van der Waals surface area contributed by atoms with Gasteiger partial charge in [0.2, 0.25) is 12.4 Å². The van der Waals surface area contributed by atoms with E-state index in [0.29, 0.717) is 23.2 Å². The second-order valence-corrected chi connectivity index (χ2v) is 7.77. The molecule has 1 aliphatic carbocycles. The number of rotatable bonds is 7. The van der Waals surface area contributed by atoms with E-state index in [4.69, 9.17) is 11.6 Å². The van der Waals surface area contributed by atoms with Crippen molar-refractivity contribution < 1.29 is 9.18 Å². The molecule has 1 aliphatic rings. The summed E-state index contributed by atoms with van der Waals surface area (Å²) >= 11 is 6.28. The lowest BCUT2D eigenvalue weighted by Gasteiger charge is -2.11. The molecule has 0 saturated heterocycles. The fourth-order valence-electron chi connectivity index (χ4n) is 2.78. The summed E-state index contributed by atoms with van der Waals surface area (Å²) in [6.07, 6.45) is 7.19. The monoisotopic (exact) mass is 461 g/mol. The van der Waals surface area contributed by atoms with Crippen molar-refractivity contribution in [1.82, 2.24) is 29.9 Å². The third kappa shape index (κ3) is 6.98. The zero-order valence-electron chi connectivity index (χ0n) is 18.8. The number of hydrogen-bond acceptors (Lipinski definition) is 6. The third-order valence-corrected chi connectivity index (χ3v) is 5.00. The van der Waals surface area contributed by atoms with Gasteiger partial charge in [0.25, 0.3) is 0 Å². The van der Waals surface area contributed by atoms with Crippen LogP contribution in [0.1, 0.15) is 52.5 Å². The molecule has 10 heteroatoms. The molecule has 0 aromatic carbocycles. The molecule has 8 nitrogen and oxygen atoms in total. The molecule has 2 N–H and O–H groups in total. The van der Waals surface area contributed by atoms with Crippen LogP contribution in [0, 0.1) is 0 Å². The standard InChI is InChI=1S/C14H13ClN6.C6H10FNO.C2H6/c1-14(4-5-14)10-6-16-13(20-12(10)15)19-9-2-3-11-17-8-18-21(11)7-9;1-5(7)3-6(2)8-4-9;1-2/h2-3,6-8H,4-5H2,1H3,(H,16,19,20);4-5H,2-3H2,1H3,(H,8,9);1-2H3. The van der Waals surface area contributed by atoms with E-state index in [-0.39, 0.29) is 11.8 Å². The van der Waals surface area contributed by atoms with E-state index in [1.54, 1.807) is 4.52 Å². The lowest BCUT2D eigenvalue weighted by atomic mass is 10.0. The summed E-state index contributed by atoms with van der Waals surface area (Å²) in [5.74, 6) is 0.479. The third-order valence-electron chi connectivity index (χ3n) is 4.71. The normalized spacial score (nSPS) is 14.2. The SMILES string of the molecule is C=C(CC(C)F)NC=O.CC.CC1(c2cnc(Nc3ccc4ncnn4c3)nc2Cl)CC1. The van der Waals surface area contributed by atoms with Crippen LogP contribution >= 0.6 is 11.6 Å².